The first-order chi connectivity index (χ1) is 8.77. The normalized spacial score (nSPS) is 24.9. The molecule has 1 aliphatic rings. The highest BCUT2D eigenvalue weighted by atomic mass is 32.2. The van der Waals surface area contributed by atoms with Gasteiger partial charge in [0.1, 0.15) is 0 Å². The Morgan fingerprint density at radius 2 is 2.05 bits per heavy atom. The summed E-state index contributed by atoms with van der Waals surface area (Å²) in [5.74, 6) is -2.91. The number of hydrogen-bond acceptors (Lipinski definition) is 5. The maximum atomic E-state index is 12.0. The molecule has 1 aliphatic heterocycles. The van der Waals surface area contributed by atoms with Crippen LogP contribution in [0.5, 0.6) is 0 Å². The standard InChI is InChI=1S/C11H19NO6S/c1-3-18-10(13)7-19(16,17)12-5-4-9(11(14)15)6-8(12)2/h8-9H,3-7H2,1-2H3,(H,14,15). The van der Waals surface area contributed by atoms with E-state index in [1.54, 1.807) is 13.8 Å². The number of hydrogen-bond donors (Lipinski definition) is 1. The number of carboxylic acid groups (broad SMARTS) is 1. The third-order valence-corrected chi connectivity index (χ3v) is 4.98. The van der Waals surface area contributed by atoms with Crippen molar-refractivity contribution in [3.63, 3.8) is 0 Å². The predicted octanol–water partition coefficient (Wildman–Crippen LogP) is 0.0644. The number of piperidine rings is 1. The van der Waals surface area contributed by atoms with Gasteiger partial charge in [0.15, 0.2) is 5.75 Å². The molecule has 1 fully saturated rings. The average Bonchev–Trinajstić information content (AvgIpc) is 2.27. The molecule has 110 valence electrons. The summed E-state index contributed by atoms with van der Waals surface area (Å²) in [5, 5.41) is 8.92. The Hall–Kier alpha value is -1.15. The monoisotopic (exact) mass is 293 g/mol. The number of esters is 1. The van der Waals surface area contributed by atoms with Crippen molar-refractivity contribution in [2.24, 2.45) is 5.92 Å². The SMILES string of the molecule is CCOC(=O)CS(=O)(=O)N1CCC(C(=O)O)CC1C. The van der Waals surface area contributed by atoms with E-state index in [9.17, 15) is 18.0 Å². The molecule has 7 nitrogen and oxygen atoms in total. The van der Waals surface area contributed by atoms with Gasteiger partial charge >= 0.3 is 11.9 Å². The first kappa shape index (κ1) is 15.9. The average molecular weight is 293 g/mol. The van der Waals surface area contributed by atoms with Crippen LogP contribution in [0.1, 0.15) is 26.7 Å². The number of rotatable bonds is 5. The van der Waals surface area contributed by atoms with Gasteiger partial charge in [-0.15, -0.1) is 0 Å². The molecule has 0 radical (unpaired) electrons. The lowest BCUT2D eigenvalue weighted by Gasteiger charge is -2.34. The second-order valence-electron chi connectivity index (χ2n) is 4.58. The number of carbonyl (C=O) groups excluding carboxylic acids is 1. The first-order valence-corrected chi connectivity index (χ1v) is 7.76. The van der Waals surface area contributed by atoms with Gasteiger partial charge in [0, 0.05) is 12.6 Å². The summed E-state index contributed by atoms with van der Waals surface area (Å²) in [5.41, 5.74) is 0. The van der Waals surface area contributed by atoms with Crippen LogP contribution in [0.4, 0.5) is 0 Å². The van der Waals surface area contributed by atoms with Gasteiger partial charge in [-0.2, -0.15) is 4.31 Å². The van der Waals surface area contributed by atoms with E-state index in [-0.39, 0.29) is 26.0 Å². The Bertz CT molecular complexity index is 446. The van der Waals surface area contributed by atoms with E-state index >= 15 is 0 Å². The van der Waals surface area contributed by atoms with Crippen molar-refractivity contribution in [1.29, 1.82) is 0 Å². The van der Waals surface area contributed by atoms with Crippen molar-refractivity contribution in [2.45, 2.75) is 32.7 Å². The van der Waals surface area contributed by atoms with Crippen LogP contribution in [0, 0.1) is 5.92 Å². The molecule has 2 unspecified atom stereocenters. The molecule has 2 atom stereocenters. The minimum absolute atomic E-state index is 0.125. The van der Waals surface area contributed by atoms with Gasteiger partial charge in [-0.1, -0.05) is 0 Å². The molecular weight excluding hydrogens is 274 g/mol. The van der Waals surface area contributed by atoms with Gasteiger partial charge < -0.3 is 9.84 Å². The van der Waals surface area contributed by atoms with Crippen molar-refractivity contribution in [2.75, 3.05) is 18.9 Å². The van der Waals surface area contributed by atoms with Crippen molar-refractivity contribution >= 4 is 22.0 Å². The Morgan fingerprint density at radius 3 is 2.53 bits per heavy atom. The minimum Gasteiger partial charge on any atom is -0.481 e. The molecule has 1 heterocycles. The van der Waals surface area contributed by atoms with Gasteiger partial charge in [-0.25, -0.2) is 8.42 Å². The van der Waals surface area contributed by atoms with Gasteiger partial charge in [0.25, 0.3) is 0 Å². The van der Waals surface area contributed by atoms with E-state index in [2.05, 4.69) is 4.74 Å². The van der Waals surface area contributed by atoms with Crippen LogP contribution in [-0.2, 0) is 24.3 Å². The Balaban J connectivity index is 2.70. The topological polar surface area (TPSA) is 101 Å². The van der Waals surface area contributed by atoms with Crippen LogP contribution < -0.4 is 0 Å². The second-order valence-corrected chi connectivity index (χ2v) is 6.50. The van der Waals surface area contributed by atoms with Crippen LogP contribution >= 0.6 is 0 Å². The van der Waals surface area contributed by atoms with E-state index in [0.29, 0.717) is 0 Å². The molecule has 0 amide bonds. The summed E-state index contributed by atoms with van der Waals surface area (Å²) in [7, 11) is -3.74. The zero-order chi connectivity index (χ0) is 14.6. The summed E-state index contributed by atoms with van der Waals surface area (Å²) in [6.45, 7) is 3.51. The highest BCUT2D eigenvalue weighted by Crippen LogP contribution is 2.25. The lowest BCUT2D eigenvalue weighted by Crippen LogP contribution is -2.47. The highest BCUT2D eigenvalue weighted by molar-refractivity contribution is 7.89. The van der Waals surface area contributed by atoms with Gasteiger partial charge in [-0.05, 0) is 26.7 Å². The smallest absolute Gasteiger partial charge is 0.322 e. The zero-order valence-corrected chi connectivity index (χ0v) is 11.9. The maximum Gasteiger partial charge on any atom is 0.322 e. The predicted molar refractivity (Wildman–Crippen MR) is 66.9 cm³/mol. The Labute approximate surface area is 112 Å². The summed E-state index contributed by atoms with van der Waals surface area (Å²) in [6.07, 6.45) is 0.527. The van der Waals surface area contributed by atoms with Crippen LogP contribution in [0.2, 0.25) is 0 Å². The van der Waals surface area contributed by atoms with Crippen LogP contribution in [-0.4, -0.2) is 54.7 Å². The van der Waals surface area contributed by atoms with Crippen LogP contribution in [0.15, 0.2) is 0 Å². The van der Waals surface area contributed by atoms with Crippen molar-refractivity contribution in [1.82, 2.24) is 4.31 Å². The maximum absolute atomic E-state index is 12.0. The van der Waals surface area contributed by atoms with Gasteiger partial charge in [0.05, 0.1) is 12.5 Å². The number of ether oxygens (including phenoxy) is 1. The molecule has 1 N–H and O–H groups in total. The fourth-order valence-corrected chi connectivity index (χ4v) is 3.79. The van der Waals surface area contributed by atoms with E-state index in [0.717, 1.165) is 0 Å². The molecular formula is C11H19NO6S. The van der Waals surface area contributed by atoms with E-state index in [4.69, 9.17) is 5.11 Å². The van der Waals surface area contributed by atoms with Crippen molar-refractivity contribution in [3.8, 4) is 0 Å². The molecule has 0 aromatic heterocycles. The quantitative estimate of drug-likeness (QED) is 0.720. The van der Waals surface area contributed by atoms with E-state index < -0.39 is 39.7 Å². The second kappa shape index (κ2) is 6.33. The lowest BCUT2D eigenvalue weighted by molar-refractivity contribution is -0.144. The summed E-state index contributed by atoms with van der Waals surface area (Å²) in [6, 6.07) is -0.422. The number of carbonyl (C=O) groups is 2. The highest BCUT2D eigenvalue weighted by Gasteiger charge is 2.37. The molecule has 1 saturated heterocycles. The fourth-order valence-electron chi connectivity index (χ4n) is 2.22. The first-order valence-electron chi connectivity index (χ1n) is 6.16. The Morgan fingerprint density at radius 1 is 1.42 bits per heavy atom. The number of carboxylic acids is 1. The van der Waals surface area contributed by atoms with Crippen molar-refractivity contribution < 1.29 is 27.9 Å². The molecule has 0 aromatic carbocycles. The number of sulfonamides is 1. The number of nitrogens with zero attached hydrogens (tertiary/aromatic N) is 1. The molecule has 1 rings (SSSR count). The third kappa shape index (κ3) is 4.17. The van der Waals surface area contributed by atoms with Crippen LogP contribution in [0.25, 0.3) is 0 Å². The van der Waals surface area contributed by atoms with Gasteiger partial charge in [-0.3, -0.25) is 9.59 Å². The molecule has 8 heteroatoms. The zero-order valence-electron chi connectivity index (χ0n) is 11.0. The fraction of sp³-hybridized carbons (Fsp3) is 0.818. The number of aliphatic carboxylic acids is 1. The summed E-state index contributed by atoms with van der Waals surface area (Å²) < 4.78 is 29.9. The van der Waals surface area contributed by atoms with E-state index in [1.807, 2.05) is 0 Å². The Kier molecular flexibility index (Phi) is 5.30. The molecule has 0 aliphatic carbocycles. The molecule has 0 saturated carbocycles. The summed E-state index contributed by atoms with van der Waals surface area (Å²) in [4.78, 5) is 22.1. The van der Waals surface area contributed by atoms with Crippen LogP contribution in [0.3, 0.4) is 0 Å². The van der Waals surface area contributed by atoms with Gasteiger partial charge in [0.2, 0.25) is 10.0 Å². The molecule has 0 bridgehead atoms. The molecule has 0 spiro atoms. The molecule has 19 heavy (non-hydrogen) atoms. The lowest BCUT2D eigenvalue weighted by atomic mass is 9.93. The third-order valence-electron chi connectivity index (χ3n) is 3.13. The van der Waals surface area contributed by atoms with Crippen molar-refractivity contribution in [3.05, 3.63) is 0 Å². The molecule has 0 aromatic rings. The largest absolute Gasteiger partial charge is 0.481 e. The summed E-state index contributed by atoms with van der Waals surface area (Å²) >= 11 is 0. The minimum atomic E-state index is -3.74. The van der Waals surface area contributed by atoms with E-state index in [1.165, 1.54) is 4.31 Å².